The maximum Gasteiger partial charge on any atom is 0.134 e. The lowest BCUT2D eigenvalue weighted by molar-refractivity contribution is 0.266. The first kappa shape index (κ1) is 11.3. The van der Waals surface area contributed by atoms with Crippen LogP contribution in [-0.2, 0) is 13.2 Å². The highest BCUT2D eigenvalue weighted by molar-refractivity contribution is 7.09. The maximum absolute atomic E-state index is 9.08. The molecule has 0 saturated carbocycles. The smallest absolute Gasteiger partial charge is 0.134 e. The van der Waals surface area contributed by atoms with Gasteiger partial charge in [0.1, 0.15) is 12.4 Å². The molecule has 2 aromatic rings. The lowest BCUT2D eigenvalue weighted by Crippen LogP contribution is -2.04. The number of hydrogen-bond acceptors (Lipinski definition) is 4. The summed E-state index contributed by atoms with van der Waals surface area (Å²) in [6.07, 6.45) is 3.56. The highest BCUT2D eigenvalue weighted by Gasteiger charge is 2.07. The minimum Gasteiger partial charge on any atom is -0.388 e. The molecule has 0 spiro atoms. The van der Waals surface area contributed by atoms with E-state index in [0.717, 1.165) is 10.7 Å². The van der Waals surface area contributed by atoms with Crippen molar-refractivity contribution < 1.29 is 5.11 Å². The summed E-state index contributed by atoms with van der Waals surface area (Å²) in [6.45, 7) is 4.92. The monoisotopic (exact) mass is 237 g/mol. The highest BCUT2D eigenvalue weighted by Crippen LogP contribution is 2.19. The quantitative estimate of drug-likeness (QED) is 0.885. The van der Waals surface area contributed by atoms with Crippen LogP contribution in [0.15, 0.2) is 17.8 Å². The van der Waals surface area contributed by atoms with E-state index in [4.69, 9.17) is 5.11 Å². The van der Waals surface area contributed by atoms with E-state index in [2.05, 4.69) is 29.2 Å². The Labute approximate surface area is 98.6 Å². The first-order chi connectivity index (χ1) is 7.70. The minimum absolute atomic E-state index is 0.0336. The summed E-state index contributed by atoms with van der Waals surface area (Å²) in [5.41, 5.74) is 1.03. The van der Waals surface area contributed by atoms with E-state index >= 15 is 0 Å². The first-order valence-electron chi connectivity index (χ1n) is 5.26. The predicted molar refractivity (Wildman–Crippen MR) is 63.5 cm³/mol. The molecular formula is C11H15N3OS. The van der Waals surface area contributed by atoms with Crippen molar-refractivity contribution in [2.24, 2.45) is 0 Å². The fourth-order valence-corrected chi connectivity index (χ4v) is 2.30. The normalized spacial score (nSPS) is 11.2. The molecule has 0 aromatic carbocycles. The van der Waals surface area contributed by atoms with Crippen LogP contribution in [0.5, 0.6) is 0 Å². The van der Waals surface area contributed by atoms with Gasteiger partial charge >= 0.3 is 0 Å². The largest absolute Gasteiger partial charge is 0.388 e. The van der Waals surface area contributed by atoms with Crippen LogP contribution in [-0.4, -0.2) is 19.6 Å². The summed E-state index contributed by atoms with van der Waals surface area (Å²) < 4.78 is 1.92. The number of aliphatic hydroxyl groups is 1. The fraction of sp³-hybridized carbons (Fsp3) is 0.455. The number of imidazole rings is 1. The summed E-state index contributed by atoms with van der Waals surface area (Å²) in [6, 6.07) is 0. The molecule has 0 aliphatic rings. The molecule has 0 amide bonds. The number of hydrogen-bond donors (Lipinski definition) is 1. The third kappa shape index (κ3) is 2.31. The summed E-state index contributed by atoms with van der Waals surface area (Å²) in [7, 11) is 0. The number of aliphatic hydroxyl groups excluding tert-OH is 1. The summed E-state index contributed by atoms with van der Waals surface area (Å²) >= 11 is 1.69. The van der Waals surface area contributed by atoms with Crippen molar-refractivity contribution in [3.63, 3.8) is 0 Å². The Hall–Kier alpha value is -1.20. The molecule has 86 valence electrons. The second-order valence-corrected chi connectivity index (χ2v) is 4.85. The second-order valence-electron chi connectivity index (χ2n) is 3.96. The van der Waals surface area contributed by atoms with Gasteiger partial charge in [0, 0.05) is 23.7 Å². The molecule has 2 rings (SSSR count). The molecule has 0 aliphatic carbocycles. The van der Waals surface area contributed by atoms with Gasteiger partial charge in [-0.1, -0.05) is 13.8 Å². The van der Waals surface area contributed by atoms with Crippen LogP contribution >= 0.6 is 11.3 Å². The van der Waals surface area contributed by atoms with Crippen molar-refractivity contribution in [3.8, 4) is 0 Å². The Morgan fingerprint density at radius 2 is 2.31 bits per heavy atom. The Bertz CT molecular complexity index is 461. The molecule has 1 N–H and O–H groups in total. The average Bonchev–Trinajstić information content (AvgIpc) is 2.87. The Kier molecular flexibility index (Phi) is 3.36. The zero-order valence-electron chi connectivity index (χ0n) is 9.42. The lowest BCUT2D eigenvalue weighted by Gasteiger charge is -2.03. The molecular weight excluding hydrogens is 222 g/mol. The Balaban J connectivity index is 2.14. The molecule has 0 atom stereocenters. The van der Waals surface area contributed by atoms with Gasteiger partial charge in [-0.25, -0.2) is 9.97 Å². The van der Waals surface area contributed by atoms with Gasteiger partial charge in [-0.3, -0.25) is 0 Å². The van der Waals surface area contributed by atoms with E-state index in [1.165, 1.54) is 0 Å². The molecule has 0 fully saturated rings. The molecule has 4 nitrogen and oxygen atoms in total. The molecule has 2 heterocycles. The molecule has 0 radical (unpaired) electrons. The van der Waals surface area contributed by atoms with Gasteiger partial charge in [0.15, 0.2) is 0 Å². The van der Waals surface area contributed by atoms with Crippen molar-refractivity contribution >= 4 is 11.3 Å². The van der Waals surface area contributed by atoms with Crippen molar-refractivity contribution in [1.82, 2.24) is 14.5 Å². The highest BCUT2D eigenvalue weighted by atomic mass is 32.1. The lowest BCUT2D eigenvalue weighted by atomic mass is 10.2. The number of nitrogens with zero attached hydrogens (tertiary/aromatic N) is 3. The van der Waals surface area contributed by atoms with E-state index in [1.807, 2.05) is 10.8 Å². The van der Waals surface area contributed by atoms with Crippen LogP contribution in [0, 0.1) is 0 Å². The van der Waals surface area contributed by atoms with Crippen LogP contribution in [0.3, 0.4) is 0 Å². The predicted octanol–water partition coefficient (Wildman–Crippen LogP) is 2.00. The van der Waals surface area contributed by atoms with Crippen LogP contribution in [0.4, 0.5) is 0 Å². The molecule has 0 unspecified atom stereocenters. The van der Waals surface area contributed by atoms with Crippen LogP contribution in [0.1, 0.15) is 36.3 Å². The van der Waals surface area contributed by atoms with Crippen molar-refractivity contribution in [3.05, 3.63) is 34.3 Å². The van der Waals surface area contributed by atoms with E-state index in [1.54, 1.807) is 17.5 Å². The van der Waals surface area contributed by atoms with Crippen LogP contribution < -0.4 is 0 Å². The third-order valence-corrected chi connectivity index (χ3v) is 3.53. The Morgan fingerprint density at radius 3 is 2.94 bits per heavy atom. The van der Waals surface area contributed by atoms with Crippen molar-refractivity contribution in [1.29, 1.82) is 0 Å². The van der Waals surface area contributed by atoms with Gasteiger partial charge in [-0.15, -0.1) is 11.3 Å². The number of thiazole rings is 1. The number of aromatic nitrogens is 3. The van der Waals surface area contributed by atoms with E-state index in [-0.39, 0.29) is 6.61 Å². The van der Waals surface area contributed by atoms with Crippen LogP contribution in [0.2, 0.25) is 0 Å². The zero-order chi connectivity index (χ0) is 11.5. The van der Waals surface area contributed by atoms with Gasteiger partial charge in [-0.05, 0) is 0 Å². The minimum atomic E-state index is -0.0336. The van der Waals surface area contributed by atoms with E-state index < -0.39 is 0 Å². The molecule has 16 heavy (non-hydrogen) atoms. The van der Waals surface area contributed by atoms with Gasteiger partial charge in [0.25, 0.3) is 0 Å². The van der Waals surface area contributed by atoms with Crippen molar-refractivity contribution in [2.75, 3.05) is 0 Å². The summed E-state index contributed by atoms with van der Waals surface area (Å²) in [4.78, 5) is 8.61. The molecule has 5 heteroatoms. The van der Waals surface area contributed by atoms with Gasteiger partial charge in [0.2, 0.25) is 0 Å². The standard InChI is InChI=1S/C11H15N3OS/c1-8(2)11-13-9(7-16-11)5-14-4-3-12-10(14)6-15/h3-4,7-8,15H,5-6H2,1-2H3. The molecule has 0 saturated heterocycles. The van der Waals surface area contributed by atoms with Gasteiger partial charge in [0.05, 0.1) is 17.2 Å². The fourth-order valence-electron chi connectivity index (χ4n) is 1.47. The topological polar surface area (TPSA) is 50.9 Å². The van der Waals surface area contributed by atoms with E-state index in [0.29, 0.717) is 18.3 Å². The van der Waals surface area contributed by atoms with E-state index in [9.17, 15) is 0 Å². The van der Waals surface area contributed by atoms with Gasteiger partial charge in [-0.2, -0.15) is 0 Å². The second kappa shape index (κ2) is 4.76. The van der Waals surface area contributed by atoms with Crippen molar-refractivity contribution in [2.45, 2.75) is 32.9 Å². The zero-order valence-corrected chi connectivity index (χ0v) is 10.2. The summed E-state index contributed by atoms with van der Waals surface area (Å²) in [5, 5.41) is 12.3. The molecule has 2 aromatic heterocycles. The average molecular weight is 237 g/mol. The maximum atomic E-state index is 9.08. The molecule has 0 bridgehead atoms. The third-order valence-electron chi connectivity index (χ3n) is 2.34. The summed E-state index contributed by atoms with van der Waals surface area (Å²) in [5.74, 6) is 1.15. The number of rotatable bonds is 4. The Morgan fingerprint density at radius 1 is 1.50 bits per heavy atom. The first-order valence-corrected chi connectivity index (χ1v) is 6.14. The SMILES string of the molecule is CC(C)c1nc(Cn2ccnc2CO)cs1. The molecule has 0 aliphatic heterocycles. The van der Waals surface area contributed by atoms with Crippen LogP contribution in [0.25, 0.3) is 0 Å². The van der Waals surface area contributed by atoms with Gasteiger partial charge < -0.3 is 9.67 Å².